The maximum Gasteiger partial charge on any atom is 0.243 e. The molecule has 0 aromatic heterocycles. The molecule has 142 valence electrons. The number of rotatable bonds is 13. The quantitative estimate of drug-likeness (QED) is 0.306. The minimum atomic E-state index is 0.000940. The fraction of sp³-hybridized carbons (Fsp3) is 0.889. The Hall–Kier alpha value is -1.30. The summed E-state index contributed by atoms with van der Waals surface area (Å²) < 4.78 is 5.34. The van der Waals surface area contributed by atoms with Gasteiger partial charge in [0.15, 0.2) is 5.96 Å². The van der Waals surface area contributed by atoms with Gasteiger partial charge in [-0.25, -0.2) is 4.99 Å². The van der Waals surface area contributed by atoms with E-state index >= 15 is 0 Å². The fourth-order valence-electron chi connectivity index (χ4n) is 2.15. The first-order valence-electron chi connectivity index (χ1n) is 9.33. The lowest BCUT2D eigenvalue weighted by Crippen LogP contribution is -2.43. The third-order valence-corrected chi connectivity index (χ3v) is 3.71. The second-order valence-corrected chi connectivity index (χ2v) is 6.32. The molecule has 0 aliphatic rings. The molecule has 0 aromatic rings. The van der Waals surface area contributed by atoms with Crippen molar-refractivity contribution >= 4 is 11.9 Å². The van der Waals surface area contributed by atoms with E-state index < -0.39 is 0 Å². The molecule has 0 aliphatic heterocycles. The van der Waals surface area contributed by atoms with Crippen molar-refractivity contribution in [2.75, 3.05) is 40.4 Å². The summed E-state index contributed by atoms with van der Waals surface area (Å²) in [6.45, 7) is 8.80. The summed E-state index contributed by atoms with van der Waals surface area (Å²) in [6.07, 6.45) is 7.07. The number of nitrogens with zero attached hydrogens (tertiary/aromatic N) is 2. The van der Waals surface area contributed by atoms with Gasteiger partial charge in [-0.15, -0.1) is 0 Å². The standard InChI is InChI=1S/C18H38N4O2/c1-6-8-9-10-12-16(3)21-18(19-13-11-14-24-7-2)20-15-17(23)22(4)5/h16H,6-15H2,1-5H3,(H2,19,20,21). The number of likely N-dealkylation sites (N-methyl/N-ethyl adjacent to an activating group) is 1. The van der Waals surface area contributed by atoms with Crippen LogP contribution in [0.1, 0.15) is 59.3 Å². The van der Waals surface area contributed by atoms with E-state index in [0.717, 1.165) is 32.6 Å². The molecule has 6 heteroatoms. The second-order valence-electron chi connectivity index (χ2n) is 6.32. The van der Waals surface area contributed by atoms with Crippen molar-refractivity contribution in [1.82, 2.24) is 15.5 Å². The number of nitrogens with one attached hydrogen (secondary N) is 2. The van der Waals surface area contributed by atoms with Gasteiger partial charge in [0.1, 0.15) is 6.54 Å². The maximum absolute atomic E-state index is 11.7. The van der Waals surface area contributed by atoms with Crippen LogP contribution in [0.25, 0.3) is 0 Å². The van der Waals surface area contributed by atoms with Crippen LogP contribution in [0.2, 0.25) is 0 Å². The Balaban J connectivity index is 4.33. The average molecular weight is 343 g/mol. The first-order chi connectivity index (χ1) is 11.5. The van der Waals surface area contributed by atoms with Crippen LogP contribution in [0.4, 0.5) is 0 Å². The number of hydrogen-bond acceptors (Lipinski definition) is 3. The molecule has 2 N–H and O–H groups in total. The number of carbonyl (C=O) groups excluding carboxylic acids is 1. The van der Waals surface area contributed by atoms with E-state index in [1.165, 1.54) is 25.7 Å². The van der Waals surface area contributed by atoms with Gasteiger partial charge in [-0.3, -0.25) is 4.79 Å². The van der Waals surface area contributed by atoms with Crippen molar-refractivity contribution in [3.63, 3.8) is 0 Å². The van der Waals surface area contributed by atoms with E-state index in [1.54, 1.807) is 19.0 Å². The number of guanidine groups is 1. The molecule has 1 unspecified atom stereocenters. The number of carbonyl (C=O) groups is 1. The second kappa shape index (κ2) is 15.2. The first kappa shape index (κ1) is 22.7. The molecule has 0 aliphatic carbocycles. The smallest absolute Gasteiger partial charge is 0.243 e. The van der Waals surface area contributed by atoms with Crippen LogP contribution in [0, 0.1) is 0 Å². The van der Waals surface area contributed by atoms with E-state index in [0.29, 0.717) is 12.0 Å². The molecule has 0 rings (SSSR count). The van der Waals surface area contributed by atoms with Crippen molar-refractivity contribution in [2.45, 2.75) is 65.3 Å². The minimum absolute atomic E-state index is 0.000940. The zero-order chi connectivity index (χ0) is 18.2. The lowest BCUT2D eigenvalue weighted by molar-refractivity contribution is -0.127. The summed E-state index contributed by atoms with van der Waals surface area (Å²) in [6, 6.07) is 0.342. The van der Waals surface area contributed by atoms with Gasteiger partial charge in [0.05, 0.1) is 0 Å². The highest BCUT2D eigenvalue weighted by Gasteiger charge is 2.08. The number of aliphatic imine (C=N–C) groups is 1. The van der Waals surface area contributed by atoms with Crippen LogP contribution in [0.5, 0.6) is 0 Å². The number of unbranched alkanes of at least 4 members (excludes halogenated alkanes) is 3. The zero-order valence-electron chi connectivity index (χ0n) is 16.4. The molecular formula is C18H38N4O2. The Morgan fingerprint density at radius 3 is 2.54 bits per heavy atom. The van der Waals surface area contributed by atoms with E-state index in [1.807, 2.05) is 6.92 Å². The zero-order valence-corrected chi connectivity index (χ0v) is 16.4. The molecule has 0 radical (unpaired) electrons. The van der Waals surface area contributed by atoms with Crippen LogP contribution in [-0.4, -0.2) is 63.2 Å². The molecule has 24 heavy (non-hydrogen) atoms. The third-order valence-electron chi connectivity index (χ3n) is 3.71. The highest BCUT2D eigenvalue weighted by atomic mass is 16.5. The predicted octanol–water partition coefficient (Wildman–Crippen LogP) is 2.40. The molecule has 0 saturated carbocycles. The van der Waals surface area contributed by atoms with Crippen LogP contribution in [0.15, 0.2) is 4.99 Å². The molecule has 0 fully saturated rings. The first-order valence-corrected chi connectivity index (χ1v) is 9.33. The van der Waals surface area contributed by atoms with Crippen molar-refractivity contribution < 1.29 is 9.53 Å². The summed E-state index contributed by atoms with van der Waals surface area (Å²) in [7, 11) is 3.49. The van der Waals surface area contributed by atoms with Gasteiger partial charge in [0.25, 0.3) is 0 Å². The average Bonchev–Trinajstić information content (AvgIpc) is 2.55. The highest BCUT2D eigenvalue weighted by molar-refractivity contribution is 5.84. The molecule has 0 aromatic carbocycles. The number of hydrogen-bond donors (Lipinski definition) is 2. The third kappa shape index (κ3) is 13.2. The Morgan fingerprint density at radius 1 is 1.17 bits per heavy atom. The Bertz CT molecular complexity index is 346. The molecule has 0 saturated heterocycles. The van der Waals surface area contributed by atoms with Crippen molar-refractivity contribution in [3.8, 4) is 0 Å². The molecule has 0 spiro atoms. The molecule has 1 amide bonds. The van der Waals surface area contributed by atoms with Gasteiger partial charge in [-0.2, -0.15) is 0 Å². The predicted molar refractivity (Wildman–Crippen MR) is 101 cm³/mol. The van der Waals surface area contributed by atoms with Gasteiger partial charge in [-0.1, -0.05) is 32.6 Å². The van der Waals surface area contributed by atoms with E-state index in [4.69, 9.17) is 4.74 Å². The topological polar surface area (TPSA) is 66.0 Å². The SMILES string of the molecule is CCCCCCC(C)NC(=NCC(=O)N(C)C)NCCCOCC. The minimum Gasteiger partial charge on any atom is -0.382 e. The van der Waals surface area contributed by atoms with E-state index in [9.17, 15) is 4.79 Å². The summed E-state index contributed by atoms with van der Waals surface area (Å²) in [4.78, 5) is 17.7. The van der Waals surface area contributed by atoms with Gasteiger partial charge in [0.2, 0.25) is 5.91 Å². The lowest BCUT2D eigenvalue weighted by Gasteiger charge is -2.19. The van der Waals surface area contributed by atoms with Gasteiger partial charge in [-0.05, 0) is 26.7 Å². The van der Waals surface area contributed by atoms with E-state index in [2.05, 4.69) is 29.5 Å². The van der Waals surface area contributed by atoms with Crippen LogP contribution in [-0.2, 0) is 9.53 Å². The van der Waals surface area contributed by atoms with E-state index in [-0.39, 0.29) is 12.5 Å². The Labute approximate surface area is 148 Å². The summed E-state index contributed by atoms with van der Waals surface area (Å²) >= 11 is 0. The molecule has 1 atom stereocenters. The van der Waals surface area contributed by atoms with Gasteiger partial charge >= 0.3 is 0 Å². The Morgan fingerprint density at radius 2 is 1.92 bits per heavy atom. The number of amides is 1. The van der Waals surface area contributed by atoms with Crippen LogP contribution < -0.4 is 10.6 Å². The monoisotopic (exact) mass is 342 g/mol. The largest absolute Gasteiger partial charge is 0.382 e. The number of ether oxygens (including phenoxy) is 1. The summed E-state index contributed by atoms with van der Waals surface area (Å²) in [5.74, 6) is 0.714. The van der Waals surface area contributed by atoms with Crippen molar-refractivity contribution in [1.29, 1.82) is 0 Å². The molecule has 6 nitrogen and oxygen atoms in total. The van der Waals surface area contributed by atoms with Crippen molar-refractivity contribution in [2.24, 2.45) is 4.99 Å². The molecule has 0 bridgehead atoms. The molecule has 0 heterocycles. The fourth-order valence-corrected chi connectivity index (χ4v) is 2.15. The van der Waals surface area contributed by atoms with Crippen LogP contribution in [0.3, 0.4) is 0 Å². The highest BCUT2D eigenvalue weighted by Crippen LogP contribution is 2.05. The molecular weight excluding hydrogens is 304 g/mol. The van der Waals surface area contributed by atoms with Crippen LogP contribution >= 0.6 is 0 Å². The Kier molecular flexibility index (Phi) is 14.4. The lowest BCUT2D eigenvalue weighted by atomic mass is 10.1. The normalized spacial score (nSPS) is 12.8. The summed E-state index contributed by atoms with van der Waals surface area (Å²) in [5, 5.41) is 6.70. The van der Waals surface area contributed by atoms with Gasteiger partial charge in [0, 0.05) is 39.9 Å². The van der Waals surface area contributed by atoms with Crippen molar-refractivity contribution in [3.05, 3.63) is 0 Å². The maximum atomic E-state index is 11.7. The summed E-state index contributed by atoms with van der Waals surface area (Å²) in [5.41, 5.74) is 0. The van der Waals surface area contributed by atoms with Gasteiger partial charge < -0.3 is 20.3 Å².